The van der Waals surface area contributed by atoms with Crippen LogP contribution >= 0.6 is 0 Å². The summed E-state index contributed by atoms with van der Waals surface area (Å²) in [4.78, 5) is 19.9. The van der Waals surface area contributed by atoms with Gasteiger partial charge in [0.25, 0.3) is 12.3 Å². The third-order valence-electron chi connectivity index (χ3n) is 7.68. The summed E-state index contributed by atoms with van der Waals surface area (Å²) in [6, 6.07) is 0.0146. The van der Waals surface area contributed by atoms with Gasteiger partial charge in [-0.1, -0.05) is 6.92 Å². The van der Waals surface area contributed by atoms with E-state index in [1.165, 1.54) is 0 Å². The molecule has 2 aliphatic carbocycles. The van der Waals surface area contributed by atoms with E-state index in [4.69, 9.17) is 9.84 Å². The van der Waals surface area contributed by atoms with Crippen molar-refractivity contribution in [2.24, 2.45) is 11.3 Å². The minimum absolute atomic E-state index is 0.0146. The number of nitrogens with zero attached hydrogens (tertiary/aromatic N) is 4. The average Bonchev–Trinajstić information content (AvgIpc) is 3.05. The first-order valence-corrected chi connectivity index (χ1v) is 11.0. The summed E-state index contributed by atoms with van der Waals surface area (Å²) < 4.78 is 63.7. The molecule has 4 aliphatic rings. The average molecular weight is 466 g/mol. The van der Waals surface area contributed by atoms with Gasteiger partial charge in [-0.3, -0.25) is 10.00 Å². The van der Waals surface area contributed by atoms with Crippen LogP contribution in [0.5, 0.6) is 0 Å². The number of carbonyl (C=O) groups is 1. The highest BCUT2D eigenvalue weighted by atomic mass is 19.3. The summed E-state index contributed by atoms with van der Waals surface area (Å²) in [7, 11) is 0. The van der Waals surface area contributed by atoms with Crippen molar-refractivity contribution < 1.29 is 27.1 Å². The Balaban J connectivity index is 1.53. The molecule has 0 aromatic carbocycles. The number of amides is 1. The molecule has 2 N–H and O–H groups in total. The minimum Gasteiger partial charge on any atom is -0.435 e. The van der Waals surface area contributed by atoms with E-state index in [1.807, 2.05) is 4.68 Å². The third-order valence-corrected chi connectivity index (χ3v) is 7.68. The Hall–Kier alpha value is -2.76. The lowest BCUT2D eigenvalue weighted by atomic mass is 9.86. The maximum Gasteiger partial charge on any atom is 0.413 e. The van der Waals surface area contributed by atoms with Crippen molar-refractivity contribution in [2.45, 2.75) is 57.1 Å². The molecule has 4 heterocycles. The predicted octanol–water partition coefficient (Wildman–Crippen LogP) is 3.50. The first-order valence-electron chi connectivity index (χ1n) is 11.0. The molecule has 0 spiro atoms. The number of nitrogens with one attached hydrogen (secondary N) is 2. The maximum atomic E-state index is 14.7. The zero-order chi connectivity index (χ0) is 23.1. The number of aromatic nitrogens is 4. The molecular formula is C21H22F4N6O2. The lowest BCUT2D eigenvalue weighted by Crippen LogP contribution is -2.31. The van der Waals surface area contributed by atoms with Gasteiger partial charge in [-0.05, 0) is 32.4 Å². The van der Waals surface area contributed by atoms with Crippen LogP contribution in [0, 0.1) is 11.3 Å². The van der Waals surface area contributed by atoms with E-state index in [1.54, 1.807) is 6.92 Å². The summed E-state index contributed by atoms with van der Waals surface area (Å²) in [5.74, 6) is -3.71. The molecule has 0 bridgehead atoms. The molecule has 176 valence electrons. The number of fused-ring (bicyclic) bond motifs is 3. The number of rotatable bonds is 3. The molecule has 1 saturated heterocycles. The number of anilines is 1. The minimum atomic E-state index is -3.02. The van der Waals surface area contributed by atoms with Crippen LogP contribution < -0.4 is 10.6 Å². The second-order valence-electron chi connectivity index (χ2n) is 9.44. The lowest BCUT2D eigenvalue weighted by Gasteiger charge is -2.27. The Morgan fingerprint density at radius 2 is 1.97 bits per heavy atom. The van der Waals surface area contributed by atoms with Crippen LogP contribution in [-0.4, -0.2) is 51.3 Å². The van der Waals surface area contributed by atoms with Crippen molar-refractivity contribution in [2.75, 3.05) is 18.4 Å². The second-order valence-corrected chi connectivity index (χ2v) is 9.44. The number of hydrogen-bond acceptors (Lipinski definition) is 6. The SMILES string of the molecule is C[C@@]12Cc3c(c(-c4ncnc5c4[C@H](C(F)F)OC(=O)N5)nn3C3CCNCC3)C[C@@H]1C2(F)F. The normalized spacial score (nSPS) is 30.2. The molecule has 2 aliphatic heterocycles. The van der Waals surface area contributed by atoms with Gasteiger partial charge in [0.1, 0.15) is 23.5 Å². The molecule has 2 aromatic heterocycles. The zero-order valence-corrected chi connectivity index (χ0v) is 17.7. The van der Waals surface area contributed by atoms with E-state index in [0.29, 0.717) is 5.56 Å². The number of cyclic esters (lactones) is 1. The molecule has 3 atom stereocenters. The van der Waals surface area contributed by atoms with E-state index >= 15 is 0 Å². The van der Waals surface area contributed by atoms with Crippen LogP contribution in [0.2, 0.25) is 0 Å². The summed E-state index contributed by atoms with van der Waals surface area (Å²) in [5.41, 5.74) is 0.490. The predicted molar refractivity (Wildman–Crippen MR) is 107 cm³/mol. The Bertz CT molecular complexity index is 1150. The van der Waals surface area contributed by atoms with Crippen molar-refractivity contribution in [1.29, 1.82) is 0 Å². The Kier molecular flexibility index (Phi) is 4.34. The summed E-state index contributed by atoms with van der Waals surface area (Å²) in [6.45, 7) is 3.16. The number of alkyl halides is 4. The quantitative estimate of drug-likeness (QED) is 0.673. The molecule has 1 saturated carbocycles. The number of halogens is 4. The number of piperidine rings is 1. The maximum absolute atomic E-state index is 14.7. The van der Waals surface area contributed by atoms with Crippen LogP contribution in [-0.2, 0) is 17.6 Å². The van der Waals surface area contributed by atoms with Crippen molar-refractivity contribution in [3.63, 3.8) is 0 Å². The molecule has 0 radical (unpaired) electrons. The first kappa shape index (κ1) is 20.8. The van der Waals surface area contributed by atoms with Gasteiger partial charge in [0, 0.05) is 29.0 Å². The molecule has 33 heavy (non-hydrogen) atoms. The monoisotopic (exact) mass is 466 g/mol. The summed E-state index contributed by atoms with van der Waals surface area (Å²) in [6.07, 6.45) is -2.96. The van der Waals surface area contributed by atoms with E-state index in [0.717, 1.165) is 38.0 Å². The van der Waals surface area contributed by atoms with Crippen LogP contribution in [0.15, 0.2) is 6.33 Å². The van der Waals surface area contributed by atoms with Gasteiger partial charge in [-0.25, -0.2) is 32.3 Å². The molecule has 2 fully saturated rings. The zero-order valence-electron chi connectivity index (χ0n) is 17.7. The standard InChI is InChI=1S/C21H22F4N6O2/c1-20-7-11-10(6-12(20)21(20,24)25)14(30-31(11)9-2-4-26-5-3-9)15-13-16(17(22)23)33-19(32)29-18(13)28-8-27-15/h8-9,12,16-17,26H,2-7H2,1H3,(H,27,28,29,32)/t12-,16+,20+/m0/s1. The Morgan fingerprint density at radius 1 is 1.21 bits per heavy atom. The van der Waals surface area contributed by atoms with Crippen LogP contribution in [0.25, 0.3) is 11.4 Å². The fourth-order valence-electron chi connectivity index (χ4n) is 5.70. The van der Waals surface area contributed by atoms with E-state index in [2.05, 4.69) is 20.6 Å². The fraction of sp³-hybridized carbons (Fsp3) is 0.619. The molecule has 0 unspecified atom stereocenters. The fourth-order valence-corrected chi connectivity index (χ4v) is 5.70. The van der Waals surface area contributed by atoms with Gasteiger partial charge in [0.15, 0.2) is 6.10 Å². The Morgan fingerprint density at radius 3 is 2.70 bits per heavy atom. The van der Waals surface area contributed by atoms with E-state index in [9.17, 15) is 22.4 Å². The van der Waals surface area contributed by atoms with Gasteiger partial charge >= 0.3 is 6.09 Å². The van der Waals surface area contributed by atoms with E-state index < -0.39 is 35.9 Å². The lowest BCUT2D eigenvalue weighted by molar-refractivity contribution is -0.0170. The van der Waals surface area contributed by atoms with Crippen LogP contribution in [0.4, 0.5) is 28.2 Å². The van der Waals surface area contributed by atoms with Crippen LogP contribution in [0.3, 0.4) is 0 Å². The van der Waals surface area contributed by atoms with Gasteiger partial charge in [0.05, 0.1) is 11.6 Å². The molecule has 8 nitrogen and oxygen atoms in total. The Labute approximate surface area is 186 Å². The molecule has 6 rings (SSSR count). The molecule has 2 aromatic rings. The van der Waals surface area contributed by atoms with Gasteiger partial charge < -0.3 is 10.1 Å². The topological polar surface area (TPSA) is 94.0 Å². The highest BCUT2D eigenvalue weighted by molar-refractivity contribution is 5.89. The van der Waals surface area contributed by atoms with Crippen molar-refractivity contribution in [1.82, 2.24) is 25.1 Å². The smallest absolute Gasteiger partial charge is 0.413 e. The molecule has 12 heteroatoms. The van der Waals surface area contributed by atoms with Gasteiger partial charge in [-0.15, -0.1) is 0 Å². The largest absolute Gasteiger partial charge is 0.435 e. The van der Waals surface area contributed by atoms with Crippen molar-refractivity contribution in [3.05, 3.63) is 23.1 Å². The number of ether oxygens (including phenoxy) is 1. The first-order chi connectivity index (χ1) is 15.7. The van der Waals surface area contributed by atoms with Crippen LogP contribution in [0.1, 0.15) is 48.7 Å². The van der Waals surface area contributed by atoms with Gasteiger partial charge in [0.2, 0.25) is 0 Å². The number of carbonyl (C=O) groups excluding carboxylic acids is 1. The highest BCUT2D eigenvalue weighted by Crippen LogP contribution is 2.70. The van der Waals surface area contributed by atoms with Gasteiger partial charge in [-0.2, -0.15) is 5.10 Å². The van der Waals surface area contributed by atoms with Crippen molar-refractivity contribution >= 4 is 11.9 Å². The molecular weight excluding hydrogens is 444 g/mol. The molecule has 1 amide bonds. The number of hydrogen-bond donors (Lipinski definition) is 2. The summed E-state index contributed by atoms with van der Waals surface area (Å²) in [5, 5.41) is 10.4. The third kappa shape index (κ3) is 2.85. The second kappa shape index (κ2) is 6.87. The summed E-state index contributed by atoms with van der Waals surface area (Å²) >= 11 is 0. The van der Waals surface area contributed by atoms with E-state index in [-0.39, 0.29) is 41.7 Å². The highest BCUT2D eigenvalue weighted by Gasteiger charge is 2.78. The van der Waals surface area contributed by atoms with Crippen molar-refractivity contribution in [3.8, 4) is 11.4 Å².